The van der Waals surface area contributed by atoms with E-state index >= 15 is 0 Å². The second-order valence-corrected chi connectivity index (χ2v) is 4.77. The average molecular weight is 273 g/mol. The number of carboxylic acid groups (broad SMARTS) is 1. The van der Waals surface area contributed by atoms with Gasteiger partial charge in [-0.05, 0) is 12.1 Å². The number of para-hydroxylation sites is 1. The molecule has 5 nitrogen and oxygen atoms in total. The molecule has 2 aromatic rings. The van der Waals surface area contributed by atoms with Crippen LogP contribution >= 0.6 is 0 Å². The van der Waals surface area contributed by atoms with Gasteiger partial charge in [0.05, 0.1) is 18.7 Å². The van der Waals surface area contributed by atoms with Crippen LogP contribution in [0.15, 0.2) is 30.3 Å². The number of fused-ring (bicyclic) bond motifs is 1. The van der Waals surface area contributed by atoms with Gasteiger partial charge in [-0.15, -0.1) is 0 Å². The molecule has 1 saturated heterocycles. The van der Waals surface area contributed by atoms with Gasteiger partial charge in [-0.1, -0.05) is 18.2 Å². The fourth-order valence-electron chi connectivity index (χ4n) is 2.29. The normalized spacial score (nSPS) is 16.2. The van der Waals surface area contributed by atoms with Crippen molar-refractivity contribution in [2.45, 2.75) is 18.9 Å². The summed E-state index contributed by atoms with van der Waals surface area (Å²) in [6.45, 7) is 1.28. The van der Waals surface area contributed by atoms with Crippen LogP contribution < -0.4 is 4.74 Å². The van der Waals surface area contributed by atoms with E-state index in [1.54, 1.807) is 6.07 Å². The Morgan fingerprint density at radius 2 is 2.05 bits per heavy atom. The van der Waals surface area contributed by atoms with Gasteiger partial charge < -0.3 is 14.6 Å². The predicted molar refractivity (Wildman–Crippen MR) is 73.2 cm³/mol. The Morgan fingerprint density at radius 3 is 2.80 bits per heavy atom. The second kappa shape index (κ2) is 5.46. The molecule has 1 N–H and O–H groups in total. The van der Waals surface area contributed by atoms with Crippen LogP contribution in [0.25, 0.3) is 10.9 Å². The number of carbonyl (C=O) groups is 1. The molecule has 1 fully saturated rings. The van der Waals surface area contributed by atoms with Gasteiger partial charge in [-0.3, -0.25) is 0 Å². The molecule has 0 saturated carbocycles. The molecule has 0 aliphatic carbocycles. The van der Waals surface area contributed by atoms with E-state index in [4.69, 9.17) is 9.47 Å². The van der Waals surface area contributed by atoms with Crippen LogP contribution in [0.5, 0.6) is 5.88 Å². The SMILES string of the molecule is O=C(O)c1cc2ccccc2nc1OC1CCOCC1. The Bertz CT molecular complexity index is 635. The first-order chi connectivity index (χ1) is 9.74. The van der Waals surface area contributed by atoms with Crippen molar-refractivity contribution in [3.05, 3.63) is 35.9 Å². The quantitative estimate of drug-likeness (QED) is 0.930. The summed E-state index contributed by atoms with van der Waals surface area (Å²) in [7, 11) is 0. The highest BCUT2D eigenvalue weighted by molar-refractivity contribution is 5.95. The van der Waals surface area contributed by atoms with Crippen molar-refractivity contribution in [2.75, 3.05) is 13.2 Å². The van der Waals surface area contributed by atoms with Crippen LogP contribution in [0.2, 0.25) is 0 Å². The summed E-state index contributed by atoms with van der Waals surface area (Å²) in [4.78, 5) is 15.7. The smallest absolute Gasteiger partial charge is 0.341 e. The molecule has 2 heterocycles. The first-order valence-corrected chi connectivity index (χ1v) is 6.61. The molecule has 1 aromatic carbocycles. The molecule has 0 bridgehead atoms. The fourth-order valence-corrected chi connectivity index (χ4v) is 2.29. The lowest BCUT2D eigenvalue weighted by atomic mass is 10.1. The van der Waals surface area contributed by atoms with Crippen molar-refractivity contribution >= 4 is 16.9 Å². The van der Waals surface area contributed by atoms with Crippen molar-refractivity contribution in [1.29, 1.82) is 0 Å². The van der Waals surface area contributed by atoms with Crippen molar-refractivity contribution in [3.8, 4) is 5.88 Å². The Balaban J connectivity index is 1.98. The minimum Gasteiger partial charge on any atom is -0.477 e. The van der Waals surface area contributed by atoms with E-state index in [-0.39, 0.29) is 17.5 Å². The number of hydrogen-bond donors (Lipinski definition) is 1. The fraction of sp³-hybridized carbons (Fsp3) is 0.333. The number of pyridine rings is 1. The second-order valence-electron chi connectivity index (χ2n) is 4.77. The van der Waals surface area contributed by atoms with Gasteiger partial charge in [0.2, 0.25) is 5.88 Å². The van der Waals surface area contributed by atoms with Crippen LogP contribution in [0.1, 0.15) is 23.2 Å². The van der Waals surface area contributed by atoms with E-state index in [0.29, 0.717) is 13.2 Å². The molecule has 0 radical (unpaired) electrons. The molecule has 0 amide bonds. The molecule has 0 unspecified atom stereocenters. The lowest BCUT2D eigenvalue weighted by Crippen LogP contribution is -2.27. The van der Waals surface area contributed by atoms with Crippen LogP contribution in [0, 0.1) is 0 Å². The van der Waals surface area contributed by atoms with E-state index in [1.165, 1.54) is 0 Å². The number of aromatic nitrogens is 1. The zero-order valence-electron chi connectivity index (χ0n) is 10.9. The predicted octanol–water partition coefficient (Wildman–Crippen LogP) is 2.49. The van der Waals surface area contributed by atoms with Crippen LogP contribution in [0.3, 0.4) is 0 Å². The van der Waals surface area contributed by atoms with Gasteiger partial charge in [0, 0.05) is 18.2 Å². The first-order valence-electron chi connectivity index (χ1n) is 6.61. The summed E-state index contributed by atoms with van der Waals surface area (Å²) in [6, 6.07) is 9.02. The van der Waals surface area contributed by atoms with Gasteiger partial charge in [0.1, 0.15) is 11.7 Å². The number of rotatable bonds is 3. The summed E-state index contributed by atoms with van der Waals surface area (Å²) >= 11 is 0. The summed E-state index contributed by atoms with van der Waals surface area (Å²) in [5.74, 6) is -0.826. The van der Waals surface area contributed by atoms with Crippen LogP contribution in [0.4, 0.5) is 0 Å². The standard InChI is InChI=1S/C15H15NO4/c17-15(18)12-9-10-3-1-2-4-13(10)16-14(12)20-11-5-7-19-8-6-11/h1-4,9,11H,5-8H2,(H,17,18). The van der Waals surface area contributed by atoms with Gasteiger partial charge in [0.25, 0.3) is 0 Å². The Kier molecular flexibility index (Phi) is 3.52. The maximum absolute atomic E-state index is 11.4. The number of carboxylic acids is 1. The van der Waals surface area contributed by atoms with Crippen molar-refractivity contribution in [1.82, 2.24) is 4.98 Å². The number of hydrogen-bond acceptors (Lipinski definition) is 4. The Labute approximate surface area is 116 Å². The maximum Gasteiger partial charge on any atom is 0.341 e. The van der Waals surface area contributed by atoms with Crippen LogP contribution in [-0.4, -0.2) is 35.4 Å². The topological polar surface area (TPSA) is 68.7 Å². The maximum atomic E-state index is 11.4. The summed E-state index contributed by atoms with van der Waals surface area (Å²) < 4.78 is 11.1. The Morgan fingerprint density at radius 1 is 1.30 bits per heavy atom. The summed E-state index contributed by atoms with van der Waals surface area (Å²) in [5.41, 5.74) is 0.842. The van der Waals surface area contributed by atoms with Gasteiger partial charge in [-0.25, -0.2) is 9.78 Å². The third kappa shape index (κ3) is 2.58. The van der Waals surface area contributed by atoms with E-state index < -0.39 is 5.97 Å². The molecule has 1 aliphatic rings. The molecular formula is C15H15NO4. The van der Waals surface area contributed by atoms with E-state index in [9.17, 15) is 9.90 Å². The summed E-state index contributed by atoms with van der Waals surface area (Å²) in [5, 5.41) is 10.1. The van der Waals surface area contributed by atoms with E-state index in [1.807, 2.05) is 24.3 Å². The monoisotopic (exact) mass is 273 g/mol. The average Bonchev–Trinajstić information content (AvgIpc) is 2.47. The lowest BCUT2D eigenvalue weighted by Gasteiger charge is -2.23. The highest BCUT2D eigenvalue weighted by atomic mass is 16.5. The largest absolute Gasteiger partial charge is 0.477 e. The summed E-state index contributed by atoms with van der Waals surface area (Å²) in [6.07, 6.45) is 1.48. The van der Waals surface area contributed by atoms with Crippen molar-refractivity contribution in [3.63, 3.8) is 0 Å². The number of aromatic carboxylic acids is 1. The van der Waals surface area contributed by atoms with E-state index in [0.717, 1.165) is 23.7 Å². The molecule has 1 aromatic heterocycles. The highest BCUT2D eigenvalue weighted by Gasteiger charge is 2.21. The zero-order valence-corrected chi connectivity index (χ0v) is 10.9. The highest BCUT2D eigenvalue weighted by Crippen LogP contribution is 2.25. The first kappa shape index (κ1) is 12.9. The molecule has 0 atom stereocenters. The van der Waals surface area contributed by atoms with Crippen molar-refractivity contribution < 1.29 is 19.4 Å². The van der Waals surface area contributed by atoms with E-state index in [2.05, 4.69) is 4.98 Å². The molecule has 3 rings (SSSR count). The van der Waals surface area contributed by atoms with Crippen molar-refractivity contribution in [2.24, 2.45) is 0 Å². The minimum atomic E-state index is -1.02. The molecule has 5 heteroatoms. The van der Waals surface area contributed by atoms with Gasteiger partial charge in [0.15, 0.2) is 0 Å². The Hall–Kier alpha value is -2.14. The molecule has 104 valence electrons. The lowest BCUT2D eigenvalue weighted by molar-refractivity contribution is 0.0231. The number of ether oxygens (including phenoxy) is 2. The number of nitrogens with zero attached hydrogens (tertiary/aromatic N) is 1. The van der Waals surface area contributed by atoms with Gasteiger partial charge >= 0.3 is 5.97 Å². The van der Waals surface area contributed by atoms with Gasteiger partial charge in [-0.2, -0.15) is 0 Å². The molecule has 0 spiro atoms. The zero-order chi connectivity index (χ0) is 13.9. The minimum absolute atomic E-state index is 0.0319. The molecule has 20 heavy (non-hydrogen) atoms. The third-order valence-electron chi connectivity index (χ3n) is 3.37. The van der Waals surface area contributed by atoms with Crippen LogP contribution in [-0.2, 0) is 4.74 Å². The number of benzene rings is 1. The third-order valence-corrected chi connectivity index (χ3v) is 3.37. The molecule has 1 aliphatic heterocycles. The molecular weight excluding hydrogens is 258 g/mol.